The Labute approximate surface area is 93.9 Å². The molecule has 1 heterocycles. The van der Waals surface area contributed by atoms with Crippen molar-refractivity contribution in [3.63, 3.8) is 0 Å². The molecule has 0 N–H and O–H groups in total. The molecule has 0 unspecified atom stereocenters. The number of benzene rings is 1. The van der Waals surface area contributed by atoms with E-state index < -0.39 is 0 Å². The highest BCUT2D eigenvalue weighted by Crippen LogP contribution is 2.16. The van der Waals surface area contributed by atoms with Crippen LogP contribution in [0.5, 0.6) is 0 Å². The minimum atomic E-state index is -0.122. The van der Waals surface area contributed by atoms with Gasteiger partial charge < -0.3 is 0 Å². The van der Waals surface area contributed by atoms with Crippen molar-refractivity contribution in [2.75, 3.05) is 0 Å². The van der Waals surface area contributed by atoms with Crippen LogP contribution in [0.3, 0.4) is 0 Å². The number of aryl methyl sites for hydroxylation is 2. The van der Waals surface area contributed by atoms with E-state index in [-0.39, 0.29) is 5.91 Å². The fourth-order valence-electron chi connectivity index (χ4n) is 1.51. The van der Waals surface area contributed by atoms with Gasteiger partial charge in [-0.15, -0.1) is 5.10 Å². The molecular formula is C12H13N3O. The Balaban J connectivity index is 2.45. The number of carbonyl (C=O) groups is 1. The molecule has 0 saturated carbocycles. The van der Waals surface area contributed by atoms with E-state index in [4.69, 9.17) is 0 Å². The van der Waals surface area contributed by atoms with Gasteiger partial charge in [0.1, 0.15) is 5.82 Å². The second-order valence-corrected chi connectivity index (χ2v) is 3.78. The van der Waals surface area contributed by atoms with Crippen molar-refractivity contribution in [1.82, 2.24) is 14.8 Å². The van der Waals surface area contributed by atoms with Crippen LogP contribution in [0.1, 0.15) is 23.1 Å². The summed E-state index contributed by atoms with van der Waals surface area (Å²) < 4.78 is 1.31. The molecule has 0 radical (unpaired) electrons. The van der Waals surface area contributed by atoms with E-state index >= 15 is 0 Å². The highest BCUT2D eigenvalue weighted by atomic mass is 16.2. The molecule has 2 rings (SSSR count). The van der Waals surface area contributed by atoms with Crippen molar-refractivity contribution in [3.8, 4) is 11.4 Å². The molecule has 0 bridgehead atoms. The van der Waals surface area contributed by atoms with E-state index in [0.29, 0.717) is 11.6 Å². The molecule has 2 aromatic rings. The Morgan fingerprint density at radius 3 is 2.31 bits per heavy atom. The first kappa shape index (κ1) is 10.5. The van der Waals surface area contributed by atoms with Crippen molar-refractivity contribution in [1.29, 1.82) is 0 Å². The molecule has 16 heavy (non-hydrogen) atoms. The number of nitrogens with zero attached hydrogens (tertiary/aromatic N) is 3. The number of aromatic nitrogens is 3. The van der Waals surface area contributed by atoms with Crippen LogP contribution < -0.4 is 0 Å². The molecule has 1 aromatic heterocycles. The molecule has 1 aromatic carbocycles. The van der Waals surface area contributed by atoms with Crippen LogP contribution in [0.15, 0.2) is 24.3 Å². The molecule has 0 fully saturated rings. The summed E-state index contributed by atoms with van der Waals surface area (Å²) in [5.74, 6) is 1.08. The molecule has 4 nitrogen and oxygen atoms in total. The largest absolute Gasteiger partial charge is 0.273 e. The number of rotatable bonds is 1. The van der Waals surface area contributed by atoms with Crippen LogP contribution in [0.25, 0.3) is 11.4 Å². The van der Waals surface area contributed by atoms with Gasteiger partial charge in [-0.1, -0.05) is 29.8 Å². The van der Waals surface area contributed by atoms with Gasteiger partial charge in [0.15, 0.2) is 5.82 Å². The summed E-state index contributed by atoms with van der Waals surface area (Å²) in [5.41, 5.74) is 2.11. The third-order valence-electron chi connectivity index (χ3n) is 2.38. The fourth-order valence-corrected chi connectivity index (χ4v) is 1.51. The lowest BCUT2D eigenvalue weighted by Gasteiger charge is -1.95. The summed E-state index contributed by atoms with van der Waals surface area (Å²) >= 11 is 0. The average molecular weight is 215 g/mol. The molecule has 0 spiro atoms. The zero-order valence-corrected chi connectivity index (χ0v) is 9.56. The predicted octanol–water partition coefficient (Wildman–Crippen LogP) is 2.22. The van der Waals surface area contributed by atoms with E-state index in [1.807, 2.05) is 31.2 Å². The maximum absolute atomic E-state index is 11.2. The van der Waals surface area contributed by atoms with E-state index in [1.54, 1.807) is 6.92 Å². The third-order valence-corrected chi connectivity index (χ3v) is 2.38. The molecular weight excluding hydrogens is 202 g/mol. The monoisotopic (exact) mass is 215 g/mol. The Hall–Kier alpha value is -1.97. The molecule has 0 saturated heterocycles. The van der Waals surface area contributed by atoms with Gasteiger partial charge in [0, 0.05) is 12.5 Å². The van der Waals surface area contributed by atoms with Crippen LogP contribution in [-0.4, -0.2) is 20.7 Å². The quantitative estimate of drug-likeness (QED) is 0.732. The van der Waals surface area contributed by atoms with Crippen molar-refractivity contribution >= 4 is 5.91 Å². The number of carbonyl (C=O) groups excluding carboxylic acids is 1. The van der Waals surface area contributed by atoms with Crippen molar-refractivity contribution < 1.29 is 4.79 Å². The second-order valence-electron chi connectivity index (χ2n) is 3.78. The summed E-state index contributed by atoms with van der Waals surface area (Å²) in [6.07, 6.45) is 0. The molecule has 0 aliphatic carbocycles. The van der Waals surface area contributed by atoms with Gasteiger partial charge in [-0.05, 0) is 13.8 Å². The first-order chi connectivity index (χ1) is 7.58. The van der Waals surface area contributed by atoms with Crippen molar-refractivity contribution in [3.05, 3.63) is 35.7 Å². The van der Waals surface area contributed by atoms with Gasteiger partial charge in [-0.2, -0.15) is 4.68 Å². The summed E-state index contributed by atoms with van der Waals surface area (Å²) in [4.78, 5) is 15.5. The first-order valence-corrected chi connectivity index (χ1v) is 5.09. The average Bonchev–Trinajstić information content (AvgIpc) is 2.61. The van der Waals surface area contributed by atoms with Crippen LogP contribution in [0.2, 0.25) is 0 Å². The van der Waals surface area contributed by atoms with Gasteiger partial charge in [-0.25, -0.2) is 4.98 Å². The third kappa shape index (κ3) is 1.86. The summed E-state index contributed by atoms with van der Waals surface area (Å²) in [5, 5.41) is 4.17. The maximum atomic E-state index is 11.2. The molecule has 0 amide bonds. The lowest BCUT2D eigenvalue weighted by atomic mass is 10.1. The lowest BCUT2D eigenvalue weighted by Crippen LogP contribution is -2.09. The van der Waals surface area contributed by atoms with Crippen molar-refractivity contribution in [2.24, 2.45) is 0 Å². The van der Waals surface area contributed by atoms with Gasteiger partial charge >= 0.3 is 0 Å². The van der Waals surface area contributed by atoms with Gasteiger partial charge in [0.25, 0.3) is 0 Å². The van der Waals surface area contributed by atoms with Crippen LogP contribution in [-0.2, 0) is 0 Å². The Kier molecular flexibility index (Phi) is 2.56. The van der Waals surface area contributed by atoms with Crippen LogP contribution >= 0.6 is 0 Å². The van der Waals surface area contributed by atoms with Gasteiger partial charge in [0.2, 0.25) is 5.91 Å². The fraction of sp³-hybridized carbons (Fsp3) is 0.250. The minimum Gasteiger partial charge on any atom is -0.273 e. The highest BCUT2D eigenvalue weighted by molar-refractivity contribution is 5.76. The summed E-state index contributed by atoms with van der Waals surface area (Å²) in [7, 11) is 0. The van der Waals surface area contributed by atoms with E-state index in [2.05, 4.69) is 10.1 Å². The molecule has 4 heteroatoms. The van der Waals surface area contributed by atoms with Gasteiger partial charge in [0.05, 0.1) is 0 Å². The van der Waals surface area contributed by atoms with Gasteiger partial charge in [-0.3, -0.25) is 4.79 Å². The summed E-state index contributed by atoms with van der Waals surface area (Å²) in [6.45, 7) is 5.27. The Morgan fingerprint density at radius 2 is 1.81 bits per heavy atom. The number of hydrogen-bond acceptors (Lipinski definition) is 3. The second kappa shape index (κ2) is 3.89. The predicted molar refractivity (Wildman–Crippen MR) is 61.2 cm³/mol. The normalized spacial score (nSPS) is 10.4. The maximum Gasteiger partial charge on any atom is 0.245 e. The molecule has 0 aliphatic heterocycles. The van der Waals surface area contributed by atoms with Crippen LogP contribution in [0, 0.1) is 13.8 Å². The van der Waals surface area contributed by atoms with E-state index in [9.17, 15) is 4.79 Å². The molecule has 0 atom stereocenters. The van der Waals surface area contributed by atoms with E-state index in [1.165, 1.54) is 17.2 Å². The highest BCUT2D eigenvalue weighted by Gasteiger charge is 2.10. The Morgan fingerprint density at radius 1 is 1.19 bits per heavy atom. The number of hydrogen-bond donors (Lipinski definition) is 0. The smallest absolute Gasteiger partial charge is 0.245 e. The summed E-state index contributed by atoms with van der Waals surface area (Å²) in [6, 6.07) is 7.90. The standard InChI is InChI=1S/C12H13N3O/c1-8-4-6-11(7-5-8)12-13-9(2)15(14-12)10(3)16/h4-7H,1-3H3. The lowest BCUT2D eigenvalue weighted by molar-refractivity contribution is 0.0918. The minimum absolute atomic E-state index is 0.122. The first-order valence-electron chi connectivity index (χ1n) is 5.09. The SMILES string of the molecule is CC(=O)n1nc(-c2ccc(C)cc2)nc1C. The zero-order chi connectivity index (χ0) is 11.7. The molecule has 82 valence electrons. The van der Waals surface area contributed by atoms with E-state index in [0.717, 1.165) is 5.56 Å². The van der Waals surface area contributed by atoms with Crippen LogP contribution in [0.4, 0.5) is 0 Å². The zero-order valence-electron chi connectivity index (χ0n) is 9.56. The molecule has 0 aliphatic rings. The Bertz CT molecular complexity index is 526. The topological polar surface area (TPSA) is 47.8 Å². The van der Waals surface area contributed by atoms with Crippen molar-refractivity contribution in [2.45, 2.75) is 20.8 Å².